The van der Waals surface area contributed by atoms with Gasteiger partial charge in [-0.05, 0) is 23.7 Å². The number of carbonyl (C=O) groups is 2. The summed E-state index contributed by atoms with van der Waals surface area (Å²) in [7, 11) is 3.51. The molecule has 7 nitrogen and oxygen atoms in total. The summed E-state index contributed by atoms with van der Waals surface area (Å²) in [6.07, 6.45) is 3.07. The molecule has 7 heteroatoms. The van der Waals surface area contributed by atoms with Crippen molar-refractivity contribution < 1.29 is 9.59 Å². The zero-order valence-corrected chi connectivity index (χ0v) is 15.0. The van der Waals surface area contributed by atoms with E-state index in [-0.39, 0.29) is 11.9 Å². The second-order valence-electron chi connectivity index (χ2n) is 7.73. The molecule has 2 fully saturated rings. The summed E-state index contributed by atoms with van der Waals surface area (Å²) in [4.78, 5) is 27.3. The Bertz CT molecular complexity index is 623. The number of urea groups is 1. The second kappa shape index (κ2) is 6.11. The summed E-state index contributed by atoms with van der Waals surface area (Å²) in [6.45, 7) is 6.91. The van der Waals surface area contributed by atoms with E-state index in [0.717, 1.165) is 19.5 Å². The molecule has 1 N–H and O–H groups in total. The van der Waals surface area contributed by atoms with Crippen LogP contribution in [-0.2, 0) is 11.3 Å². The van der Waals surface area contributed by atoms with Gasteiger partial charge in [0.05, 0.1) is 0 Å². The van der Waals surface area contributed by atoms with Gasteiger partial charge in [-0.15, -0.1) is 0 Å². The third kappa shape index (κ3) is 3.25. The van der Waals surface area contributed by atoms with Gasteiger partial charge in [0.25, 0.3) is 0 Å². The van der Waals surface area contributed by atoms with Crippen molar-refractivity contribution in [3.63, 3.8) is 0 Å². The lowest BCUT2D eigenvalue weighted by molar-refractivity contribution is -0.128. The highest BCUT2D eigenvalue weighted by molar-refractivity contribution is 5.88. The standard InChI is InChI=1S/C17H27N5O2/c1-17(2)12-10-21(11-13(12)17)16(24)18-14-7-9-22(19-14)8-5-6-15(23)20(3)4/h7,9,12-13H,5-6,8,10-11H2,1-4H3,(H,18,19,24)/t12-,13-/m1/s1. The molecule has 2 heterocycles. The summed E-state index contributed by atoms with van der Waals surface area (Å²) < 4.78 is 1.77. The minimum Gasteiger partial charge on any atom is -0.349 e. The molecule has 1 saturated carbocycles. The van der Waals surface area contributed by atoms with Crippen LogP contribution in [0.25, 0.3) is 0 Å². The van der Waals surface area contributed by atoms with E-state index >= 15 is 0 Å². The summed E-state index contributed by atoms with van der Waals surface area (Å²) in [6, 6.07) is 1.73. The van der Waals surface area contributed by atoms with Crippen LogP contribution in [0.4, 0.5) is 10.6 Å². The second-order valence-corrected chi connectivity index (χ2v) is 7.73. The Balaban J connectivity index is 1.43. The van der Waals surface area contributed by atoms with Crippen molar-refractivity contribution in [3.8, 4) is 0 Å². The maximum atomic E-state index is 12.3. The van der Waals surface area contributed by atoms with E-state index in [4.69, 9.17) is 0 Å². The van der Waals surface area contributed by atoms with Gasteiger partial charge in [-0.2, -0.15) is 5.10 Å². The molecule has 2 aliphatic rings. The number of hydrogen-bond donors (Lipinski definition) is 1. The zero-order valence-electron chi connectivity index (χ0n) is 15.0. The molecule has 1 aliphatic heterocycles. The van der Waals surface area contributed by atoms with Crippen LogP contribution in [0.3, 0.4) is 0 Å². The highest BCUT2D eigenvalue weighted by Gasteiger charge is 2.62. The van der Waals surface area contributed by atoms with Crippen LogP contribution in [0.15, 0.2) is 12.3 Å². The fraction of sp³-hybridized carbons (Fsp3) is 0.706. The molecule has 0 bridgehead atoms. The van der Waals surface area contributed by atoms with Gasteiger partial charge in [-0.25, -0.2) is 4.79 Å². The Labute approximate surface area is 143 Å². The van der Waals surface area contributed by atoms with Crippen LogP contribution in [0.5, 0.6) is 0 Å². The third-order valence-electron chi connectivity index (χ3n) is 5.56. The van der Waals surface area contributed by atoms with E-state index < -0.39 is 0 Å². The summed E-state index contributed by atoms with van der Waals surface area (Å²) in [5.74, 6) is 1.98. The first-order valence-electron chi connectivity index (χ1n) is 8.58. The number of likely N-dealkylation sites (tertiary alicyclic amines) is 1. The molecule has 132 valence electrons. The van der Waals surface area contributed by atoms with Gasteiger partial charge in [-0.3, -0.25) is 14.8 Å². The average molecular weight is 333 g/mol. The van der Waals surface area contributed by atoms with Crippen LogP contribution in [-0.4, -0.2) is 58.7 Å². The van der Waals surface area contributed by atoms with Crippen molar-refractivity contribution in [1.82, 2.24) is 19.6 Å². The molecule has 24 heavy (non-hydrogen) atoms. The third-order valence-corrected chi connectivity index (χ3v) is 5.56. The predicted octanol–water partition coefficient (Wildman–Crippen LogP) is 1.87. The Morgan fingerprint density at radius 1 is 1.33 bits per heavy atom. The molecule has 0 spiro atoms. The Hall–Kier alpha value is -2.05. The first kappa shape index (κ1) is 16.8. The number of fused-ring (bicyclic) bond motifs is 1. The van der Waals surface area contributed by atoms with Crippen LogP contribution >= 0.6 is 0 Å². The maximum Gasteiger partial charge on any atom is 0.323 e. The summed E-state index contributed by atoms with van der Waals surface area (Å²) in [5, 5.41) is 7.23. The highest BCUT2D eigenvalue weighted by atomic mass is 16.2. The van der Waals surface area contributed by atoms with Crippen molar-refractivity contribution in [2.45, 2.75) is 33.2 Å². The Kier molecular flexibility index (Phi) is 4.27. The fourth-order valence-electron chi connectivity index (χ4n) is 3.66. The van der Waals surface area contributed by atoms with Gasteiger partial charge in [-0.1, -0.05) is 13.8 Å². The molecule has 0 unspecified atom stereocenters. The molecule has 1 aromatic rings. The largest absolute Gasteiger partial charge is 0.349 e. The SMILES string of the molecule is CN(C)C(=O)CCCn1ccc(NC(=O)N2C[C@@H]3[C@@H](C2)C3(C)C)n1. The van der Waals surface area contributed by atoms with E-state index in [1.807, 2.05) is 11.1 Å². The van der Waals surface area contributed by atoms with E-state index in [9.17, 15) is 9.59 Å². The number of amides is 3. The van der Waals surface area contributed by atoms with Crippen LogP contribution in [0.1, 0.15) is 26.7 Å². The van der Waals surface area contributed by atoms with Gasteiger partial charge in [0.1, 0.15) is 0 Å². The number of hydrogen-bond acceptors (Lipinski definition) is 3. The molecule has 2 atom stereocenters. The Morgan fingerprint density at radius 3 is 2.62 bits per heavy atom. The quantitative estimate of drug-likeness (QED) is 0.894. The van der Waals surface area contributed by atoms with Crippen molar-refractivity contribution in [2.75, 3.05) is 32.5 Å². The molecule has 0 radical (unpaired) electrons. The molecule has 1 saturated heterocycles. The molecular formula is C17H27N5O2. The molecule has 3 amide bonds. The molecule has 1 aromatic heterocycles. The van der Waals surface area contributed by atoms with Crippen molar-refractivity contribution in [1.29, 1.82) is 0 Å². The number of piperidine rings is 1. The van der Waals surface area contributed by atoms with Gasteiger partial charge in [0.15, 0.2) is 5.82 Å². The van der Waals surface area contributed by atoms with Gasteiger partial charge in [0, 0.05) is 52.4 Å². The smallest absolute Gasteiger partial charge is 0.323 e. The maximum absolute atomic E-state index is 12.3. The van der Waals surface area contributed by atoms with Crippen LogP contribution in [0, 0.1) is 17.3 Å². The summed E-state index contributed by atoms with van der Waals surface area (Å²) in [5.41, 5.74) is 0.405. The number of nitrogens with one attached hydrogen (secondary N) is 1. The number of anilines is 1. The first-order chi connectivity index (χ1) is 11.3. The van der Waals surface area contributed by atoms with Crippen molar-refractivity contribution in [2.24, 2.45) is 17.3 Å². The monoisotopic (exact) mass is 333 g/mol. The van der Waals surface area contributed by atoms with Crippen molar-refractivity contribution >= 4 is 17.8 Å². The van der Waals surface area contributed by atoms with Crippen LogP contribution < -0.4 is 5.32 Å². The van der Waals surface area contributed by atoms with E-state index in [1.54, 1.807) is 29.7 Å². The lowest BCUT2D eigenvalue weighted by Gasteiger charge is -2.21. The summed E-state index contributed by atoms with van der Waals surface area (Å²) >= 11 is 0. The van der Waals surface area contributed by atoms with Gasteiger partial charge >= 0.3 is 6.03 Å². The number of aryl methyl sites for hydroxylation is 1. The topological polar surface area (TPSA) is 70.5 Å². The molecular weight excluding hydrogens is 306 g/mol. The van der Waals surface area contributed by atoms with Crippen molar-refractivity contribution in [3.05, 3.63) is 12.3 Å². The van der Waals surface area contributed by atoms with E-state index in [2.05, 4.69) is 24.3 Å². The van der Waals surface area contributed by atoms with E-state index in [1.165, 1.54) is 0 Å². The number of carbonyl (C=O) groups excluding carboxylic acids is 2. The molecule has 0 aromatic carbocycles. The number of rotatable bonds is 5. The fourth-order valence-corrected chi connectivity index (χ4v) is 3.66. The zero-order chi connectivity index (χ0) is 17.5. The highest BCUT2D eigenvalue weighted by Crippen LogP contribution is 2.61. The lowest BCUT2D eigenvalue weighted by Crippen LogP contribution is -2.36. The number of nitrogens with zero attached hydrogens (tertiary/aromatic N) is 4. The minimum atomic E-state index is -0.0639. The number of aromatic nitrogens is 2. The minimum absolute atomic E-state index is 0.0639. The predicted molar refractivity (Wildman–Crippen MR) is 91.5 cm³/mol. The molecule has 1 aliphatic carbocycles. The first-order valence-corrected chi connectivity index (χ1v) is 8.58. The van der Waals surface area contributed by atoms with E-state index in [0.29, 0.717) is 36.0 Å². The molecule has 3 rings (SSSR count). The lowest BCUT2D eigenvalue weighted by atomic mass is 10.1. The Morgan fingerprint density at radius 2 is 2.00 bits per heavy atom. The van der Waals surface area contributed by atoms with Crippen LogP contribution in [0.2, 0.25) is 0 Å². The van der Waals surface area contributed by atoms with Gasteiger partial charge in [0.2, 0.25) is 5.91 Å². The average Bonchev–Trinajstić information content (AvgIpc) is 2.97. The van der Waals surface area contributed by atoms with Gasteiger partial charge < -0.3 is 9.80 Å². The normalized spacial score (nSPS) is 23.8.